The van der Waals surface area contributed by atoms with Crippen LogP contribution >= 0.6 is 0 Å². The molecule has 1 unspecified atom stereocenters. The van der Waals surface area contributed by atoms with Crippen LogP contribution in [0.25, 0.3) is 0 Å². The summed E-state index contributed by atoms with van der Waals surface area (Å²) in [7, 11) is 0. The molecule has 0 aliphatic heterocycles. The van der Waals surface area contributed by atoms with Gasteiger partial charge in [0, 0.05) is 26.1 Å². The van der Waals surface area contributed by atoms with Crippen molar-refractivity contribution < 1.29 is 14.7 Å². The molecule has 0 radical (unpaired) electrons. The average molecular weight is 444 g/mol. The van der Waals surface area contributed by atoms with Crippen LogP contribution in [0, 0.1) is 0 Å². The van der Waals surface area contributed by atoms with Gasteiger partial charge in [-0.05, 0) is 58.2 Å². The van der Waals surface area contributed by atoms with Gasteiger partial charge in [0.2, 0.25) is 11.8 Å². The number of nitrogens with two attached hydrogens (primary N) is 3. The van der Waals surface area contributed by atoms with Gasteiger partial charge in [-0.2, -0.15) is 0 Å². The highest BCUT2D eigenvalue weighted by Crippen LogP contribution is 2.08. The van der Waals surface area contributed by atoms with E-state index in [9.17, 15) is 14.7 Å². The molecule has 0 aromatic heterocycles. The Kier molecular flexibility index (Phi) is 20.0. The Balaban J connectivity index is 3.49. The summed E-state index contributed by atoms with van der Waals surface area (Å²) in [5.41, 5.74) is 15.9. The summed E-state index contributed by atoms with van der Waals surface area (Å²) in [4.78, 5) is 27.5. The number of amides is 2. The second-order valence-corrected chi connectivity index (χ2v) is 7.77. The minimum atomic E-state index is -0.634. The molecule has 0 aromatic carbocycles. The number of aliphatic hydroxyl groups is 1. The number of rotatable bonds is 21. The first-order valence-corrected chi connectivity index (χ1v) is 11.6. The SMILES string of the molecule is NCCCNCCCCNC(=O)CCCNC(=O)CC(O)CCCCCCN=C(N)N. The third kappa shape index (κ3) is 22.6. The van der Waals surface area contributed by atoms with E-state index in [1.165, 1.54) is 0 Å². The minimum absolute atomic E-state index is 0.00483. The Morgan fingerprint density at radius 3 is 2.19 bits per heavy atom. The number of aliphatic imine (C=N–C) groups is 1. The quantitative estimate of drug-likeness (QED) is 0.0721. The Morgan fingerprint density at radius 2 is 1.45 bits per heavy atom. The maximum Gasteiger partial charge on any atom is 0.222 e. The second-order valence-electron chi connectivity index (χ2n) is 7.77. The molecule has 0 spiro atoms. The van der Waals surface area contributed by atoms with Gasteiger partial charge in [-0.3, -0.25) is 14.6 Å². The largest absolute Gasteiger partial charge is 0.393 e. The van der Waals surface area contributed by atoms with Crippen LogP contribution in [-0.2, 0) is 9.59 Å². The van der Waals surface area contributed by atoms with Crippen molar-refractivity contribution in [3.05, 3.63) is 0 Å². The zero-order valence-corrected chi connectivity index (χ0v) is 19.0. The summed E-state index contributed by atoms with van der Waals surface area (Å²) in [6, 6.07) is 0. The second kappa shape index (κ2) is 21.3. The van der Waals surface area contributed by atoms with Crippen molar-refractivity contribution in [3.8, 4) is 0 Å². The lowest BCUT2D eigenvalue weighted by molar-refractivity contribution is -0.124. The fourth-order valence-electron chi connectivity index (χ4n) is 2.96. The van der Waals surface area contributed by atoms with Gasteiger partial charge in [0.1, 0.15) is 0 Å². The van der Waals surface area contributed by atoms with E-state index in [1.807, 2.05) is 0 Å². The molecule has 0 heterocycles. The molecule has 0 saturated carbocycles. The topological polar surface area (TPSA) is 181 Å². The molecule has 10 N–H and O–H groups in total. The zero-order chi connectivity index (χ0) is 23.2. The van der Waals surface area contributed by atoms with Crippen LogP contribution in [-0.4, -0.2) is 68.3 Å². The molecule has 0 saturated heterocycles. The van der Waals surface area contributed by atoms with Crippen molar-refractivity contribution in [1.29, 1.82) is 0 Å². The summed E-state index contributed by atoms with van der Waals surface area (Å²) in [5.74, 6) is -0.0619. The van der Waals surface area contributed by atoms with Crippen LogP contribution in [0.3, 0.4) is 0 Å². The third-order valence-electron chi connectivity index (χ3n) is 4.72. The average Bonchev–Trinajstić information content (AvgIpc) is 2.72. The fraction of sp³-hybridized carbons (Fsp3) is 0.857. The van der Waals surface area contributed by atoms with Crippen molar-refractivity contribution in [1.82, 2.24) is 16.0 Å². The highest BCUT2D eigenvalue weighted by molar-refractivity contribution is 5.77. The lowest BCUT2D eigenvalue weighted by Crippen LogP contribution is -2.30. The Morgan fingerprint density at radius 1 is 0.806 bits per heavy atom. The van der Waals surface area contributed by atoms with Gasteiger partial charge in [0.05, 0.1) is 12.5 Å². The summed E-state index contributed by atoms with van der Waals surface area (Å²) in [5, 5.41) is 18.9. The van der Waals surface area contributed by atoms with Gasteiger partial charge in [0.15, 0.2) is 5.96 Å². The summed E-state index contributed by atoms with van der Waals surface area (Å²) < 4.78 is 0. The monoisotopic (exact) mass is 443 g/mol. The Labute approximate surface area is 187 Å². The van der Waals surface area contributed by atoms with Crippen molar-refractivity contribution in [2.24, 2.45) is 22.2 Å². The van der Waals surface area contributed by atoms with Crippen LogP contribution < -0.4 is 33.2 Å². The lowest BCUT2D eigenvalue weighted by Gasteiger charge is -2.11. The predicted octanol–water partition coefficient (Wildman–Crippen LogP) is -0.307. The highest BCUT2D eigenvalue weighted by atomic mass is 16.3. The molecule has 0 aliphatic carbocycles. The molecule has 0 aliphatic rings. The zero-order valence-electron chi connectivity index (χ0n) is 19.0. The smallest absolute Gasteiger partial charge is 0.222 e. The summed E-state index contributed by atoms with van der Waals surface area (Å²) in [6.45, 7) is 4.31. The maximum atomic E-state index is 11.9. The molecule has 1 atom stereocenters. The van der Waals surface area contributed by atoms with Crippen molar-refractivity contribution in [2.75, 3.05) is 39.3 Å². The van der Waals surface area contributed by atoms with Gasteiger partial charge in [-0.15, -0.1) is 0 Å². The van der Waals surface area contributed by atoms with Gasteiger partial charge in [0.25, 0.3) is 0 Å². The third-order valence-corrected chi connectivity index (χ3v) is 4.72. The molecule has 2 amide bonds. The molecule has 31 heavy (non-hydrogen) atoms. The number of nitrogens with zero attached hydrogens (tertiary/aromatic N) is 1. The number of carbonyl (C=O) groups is 2. The molecule has 0 rings (SSSR count). The van der Waals surface area contributed by atoms with E-state index in [-0.39, 0.29) is 24.2 Å². The predicted molar refractivity (Wildman–Crippen MR) is 125 cm³/mol. The highest BCUT2D eigenvalue weighted by Gasteiger charge is 2.10. The first kappa shape index (κ1) is 29.1. The van der Waals surface area contributed by atoms with Crippen molar-refractivity contribution in [2.45, 2.75) is 76.7 Å². The standard InChI is InChI=1S/C21H45N7O3/c22-11-8-13-25-12-5-6-14-26-19(30)10-7-16-27-20(31)17-18(29)9-3-1-2-4-15-28-21(23)24/h18,25,29H,1-17,22H2,(H,26,30)(H,27,31)(H4,23,24,28). The maximum absolute atomic E-state index is 11.9. The Hall–Kier alpha value is -1.91. The lowest BCUT2D eigenvalue weighted by atomic mass is 10.1. The first-order valence-electron chi connectivity index (χ1n) is 11.6. The van der Waals surface area contributed by atoms with Crippen molar-refractivity contribution in [3.63, 3.8) is 0 Å². The summed E-state index contributed by atoms with van der Waals surface area (Å²) in [6.07, 6.45) is 7.70. The number of aliphatic hydroxyl groups excluding tert-OH is 1. The number of hydrogen-bond donors (Lipinski definition) is 7. The molecule has 0 aromatic rings. The molecule has 0 fully saturated rings. The number of unbranched alkanes of at least 4 members (excludes halogenated alkanes) is 4. The van der Waals surface area contributed by atoms with E-state index in [0.717, 1.165) is 58.0 Å². The van der Waals surface area contributed by atoms with Crippen LogP contribution in [0.5, 0.6) is 0 Å². The molecule has 0 bridgehead atoms. The number of carbonyl (C=O) groups excluding carboxylic acids is 2. The minimum Gasteiger partial charge on any atom is -0.393 e. The van der Waals surface area contributed by atoms with E-state index in [2.05, 4.69) is 20.9 Å². The fourth-order valence-corrected chi connectivity index (χ4v) is 2.96. The van der Waals surface area contributed by atoms with E-state index in [1.54, 1.807) is 0 Å². The van der Waals surface area contributed by atoms with Gasteiger partial charge < -0.3 is 38.3 Å². The molecule has 10 nitrogen and oxygen atoms in total. The summed E-state index contributed by atoms with van der Waals surface area (Å²) >= 11 is 0. The molecular formula is C21H45N7O3. The first-order chi connectivity index (χ1) is 15.0. The Bertz CT molecular complexity index is 486. The number of nitrogens with one attached hydrogen (secondary N) is 3. The van der Waals surface area contributed by atoms with E-state index in [4.69, 9.17) is 17.2 Å². The molecule has 182 valence electrons. The number of guanidine groups is 1. The van der Waals surface area contributed by atoms with Crippen molar-refractivity contribution >= 4 is 17.8 Å². The van der Waals surface area contributed by atoms with Gasteiger partial charge >= 0.3 is 0 Å². The molecule has 10 heteroatoms. The van der Waals surface area contributed by atoms with Crippen LogP contribution in [0.2, 0.25) is 0 Å². The van der Waals surface area contributed by atoms with Crippen LogP contribution in [0.15, 0.2) is 4.99 Å². The van der Waals surface area contributed by atoms with E-state index in [0.29, 0.717) is 45.4 Å². The number of hydrogen-bond acceptors (Lipinski definition) is 6. The van der Waals surface area contributed by atoms with E-state index >= 15 is 0 Å². The van der Waals surface area contributed by atoms with Gasteiger partial charge in [-0.25, -0.2) is 0 Å². The normalized spacial score (nSPS) is 11.7. The van der Waals surface area contributed by atoms with Gasteiger partial charge in [-0.1, -0.05) is 19.3 Å². The van der Waals surface area contributed by atoms with Crippen LogP contribution in [0.1, 0.15) is 70.6 Å². The molecular weight excluding hydrogens is 398 g/mol. The van der Waals surface area contributed by atoms with E-state index < -0.39 is 6.10 Å². The van der Waals surface area contributed by atoms with Crippen LogP contribution in [0.4, 0.5) is 0 Å².